The van der Waals surface area contributed by atoms with Gasteiger partial charge in [-0.3, -0.25) is 4.79 Å². The lowest BCUT2D eigenvalue weighted by Gasteiger charge is -2.05. The molecule has 3 aromatic rings. The number of hydrogen-bond donors (Lipinski definition) is 2. The van der Waals surface area contributed by atoms with Crippen LogP contribution in [0.1, 0.15) is 11.1 Å². The fraction of sp³-hybridized carbons (Fsp3) is 0.0526. The molecule has 0 saturated carbocycles. The van der Waals surface area contributed by atoms with Gasteiger partial charge in [-0.15, -0.1) is 0 Å². The van der Waals surface area contributed by atoms with Gasteiger partial charge in [-0.05, 0) is 57.1 Å². The normalized spacial score (nSPS) is 11.0. The molecule has 0 aliphatic carbocycles. The number of nitrogens with one attached hydrogen (secondary N) is 1. The highest BCUT2D eigenvalue weighted by atomic mass is 127. The van der Waals surface area contributed by atoms with Crippen LogP contribution in [0.15, 0.2) is 65.8 Å². The predicted molar refractivity (Wildman–Crippen MR) is 104 cm³/mol. The molecule has 0 fully saturated rings. The Hall–Kier alpha value is -2.41. The molecular formula is C19H15IN2O2. The topological polar surface area (TPSA) is 61.7 Å². The van der Waals surface area contributed by atoms with Gasteiger partial charge in [0.2, 0.25) is 5.91 Å². The maximum absolute atomic E-state index is 12.1. The number of aromatic hydroxyl groups is 1. The van der Waals surface area contributed by atoms with Crippen molar-refractivity contribution in [1.29, 1.82) is 0 Å². The Morgan fingerprint density at radius 3 is 2.79 bits per heavy atom. The van der Waals surface area contributed by atoms with Crippen molar-refractivity contribution >= 4 is 45.5 Å². The molecule has 5 heteroatoms. The summed E-state index contributed by atoms with van der Waals surface area (Å²) in [5, 5.41) is 15.8. The van der Waals surface area contributed by atoms with Crippen LogP contribution in [0, 0.1) is 3.57 Å². The molecule has 0 spiro atoms. The summed E-state index contributed by atoms with van der Waals surface area (Å²) in [4.78, 5) is 12.1. The van der Waals surface area contributed by atoms with Gasteiger partial charge in [-0.2, -0.15) is 5.10 Å². The van der Waals surface area contributed by atoms with E-state index in [-0.39, 0.29) is 18.1 Å². The van der Waals surface area contributed by atoms with E-state index in [1.54, 1.807) is 18.2 Å². The molecule has 4 nitrogen and oxygen atoms in total. The second-order valence-electron chi connectivity index (χ2n) is 5.31. The van der Waals surface area contributed by atoms with E-state index >= 15 is 0 Å². The van der Waals surface area contributed by atoms with E-state index in [4.69, 9.17) is 0 Å². The van der Waals surface area contributed by atoms with Gasteiger partial charge < -0.3 is 5.11 Å². The van der Waals surface area contributed by atoms with Crippen LogP contribution in [0.3, 0.4) is 0 Å². The number of benzene rings is 3. The molecule has 0 aliphatic rings. The Bertz CT molecular complexity index is 917. The van der Waals surface area contributed by atoms with Gasteiger partial charge in [0.15, 0.2) is 0 Å². The van der Waals surface area contributed by atoms with Gasteiger partial charge in [0.1, 0.15) is 5.75 Å². The molecule has 0 aromatic heterocycles. The van der Waals surface area contributed by atoms with Crippen molar-refractivity contribution in [2.24, 2.45) is 5.10 Å². The van der Waals surface area contributed by atoms with Crippen LogP contribution in [0.25, 0.3) is 10.8 Å². The Morgan fingerprint density at radius 2 is 1.92 bits per heavy atom. The Morgan fingerprint density at radius 1 is 1.12 bits per heavy atom. The van der Waals surface area contributed by atoms with Crippen molar-refractivity contribution in [3.8, 4) is 5.75 Å². The van der Waals surface area contributed by atoms with E-state index in [0.717, 1.165) is 19.9 Å². The SMILES string of the molecule is O=C(Cc1cccc2ccccc12)N/N=C/c1cc(I)ccc1O. The fourth-order valence-corrected chi connectivity index (χ4v) is 2.98. The van der Waals surface area contributed by atoms with Crippen LogP contribution >= 0.6 is 22.6 Å². The molecule has 0 unspecified atom stereocenters. The molecule has 0 radical (unpaired) electrons. The van der Waals surface area contributed by atoms with E-state index in [1.165, 1.54) is 6.21 Å². The third-order valence-corrected chi connectivity index (χ3v) is 4.28. The first-order valence-electron chi connectivity index (χ1n) is 7.40. The third kappa shape index (κ3) is 3.91. The average molecular weight is 430 g/mol. The van der Waals surface area contributed by atoms with E-state index in [0.29, 0.717) is 5.56 Å². The summed E-state index contributed by atoms with van der Waals surface area (Å²) >= 11 is 2.15. The summed E-state index contributed by atoms with van der Waals surface area (Å²) in [5.41, 5.74) is 4.03. The van der Waals surface area contributed by atoms with Crippen LogP contribution in [-0.2, 0) is 11.2 Å². The summed E-state index contributed by atoms with van der Waals surface area (Å²) in [6, 6.07) is 19.1. The van der Waals surface area contributed by atoms with Crippen molar-refractivity contribution in [3.63, 3.8) is 0 Å². The summed E-state index contributed by atoms with van der Waals surface area (Å²) in [5.74, 6) is -0.0739. The molecule has 1 amide bonds. The van der Waals surface area contributed by atoms with Crippen molar-refractivity contribution in [1.82, 2.24) is 5.43 Å². The number of fused-ring (bicyclic) bond motifs is 1. The third-order valence-electron chi connectivity index (χ3n) is 3.61. The van der Waals surface area contributed by atoms with Crippen LogP contribution in [0.4, 0.5) is 0 Å². The highest BCUT2D eigenvalue weighted by Crippen LogP contribution is 2.19. The highest BCUT2D eigenvalue weighted by molar-refractivity contribution is 14.1. The van der Waals surface area contributed by atoms with Crippen molar-refractivity contribution in [2.75, 3.05) is 0 Å². The number of phenolic OH excluding ortho intramolecular Hbond substituents is 1. The second kappa shape index (κ2) is 7.44. The Kier molecular flexibility index (Phi) is 5.10. The number of hydrogen-bond acceptors (Lipinski definition) is 3. The standard InChI is InChI=1S/C19H15IN2O2/c20-16-8-9-18(23)15(10-16)12-21-22-19(24)11-14-6-3-5-13-4-1-2-7-17(13)14/h1-10,12,23H,11H2,(H,22,24)/b21-12+. The maximum Gasteiger partial charge on any atom is 0.244 e. The first kappa shape index (κ1) is 16.4. The number of hydrazone groups is 1. The highest BCUT2D eigenvalue weighted by Gasteiger charge is 2.06. The number of carbonyl (C=O) groups is 1. The number of carbonyl (C=O) groups excluding carboxylic acids is 1. The zero-order valence-electron chi connectivity index (χ0n) is 12.7. The molecule has 0 heterocycles. The van der Waals surface area contributed by atoms with E-state index in [2.05, 4.69) is 33.1 Å². The van der Waals surface area contributed by atoms with Crippen molar-refractivity contribution in [3.05, 3.63) is 75.4 Å². The van der Waals surface area contributed by atoms with E-state index in [1.807, 2.05) is 42.5 Å². The largest absolute Gasteiger partial charge is 0.507 e. The summed E-state index contributed by atoms with van der Waals surface area (Å²) in [6.45, 7) is 0. The van der Waals surface area contributed by atoms with Crippen molar-refractivity contribution in [2.45, 2.75) is 6.42 Å². The number of nitrogens with zero attached hydrogens (tertiary/aromatic N) is 1. The van der Waals surface area contributed by atoms with Gasteiger partial charge in [0, 0.05) is 9.13 Å². The first-order chi connectivity index (χ1) is 11.6. The number of rotatable bonds is 4. The molecule has 24 heavy (non-hydrogen) atoms. The molecule has 2 N–H and O–H groups in total. The monoisotopic (exact) mass is 430 g/mol. The molecule has 0 bridgehead atoms. The predicted octanol–water partition coefficient (Wildman–Crippen LogP) is 3.84. The maximum atomic E-state index is 12.1. The minimum Gasteiger partial charge on any atom is -0.507 e. The fourth-order valence-electron chi connectivity index (χ4n) is 2.46. The zero-order chi connectivity index (χ0) is 16.9. The van der Waals surface area contributed by atoms with Crippen LogP contribution in [0.2, 0.25) is 0 Å². The minimum atomic E-state index is -0.201. The van der Waals surface area contributed by atoms with Gasteiger partial charge >= 0.3 is 0 Å². The summed E-state index contributed by atoms with van der Waals surface area (Å²) in [7, 11) is 0. The number of halogens is 1. The molecule has 3 rings (SSSR count). The lowest BCUT2D eigenvalue weighted by atomic mass is 10.0. The Balaban J connectivity index is 1.69. The quantitative estimate of drug-likeness (QED) is 0.376. The molecule has 0 atom stereocenters. The molecule has 120 valence electrons. The average Bonchev–Trinajstić information content (AvgIpc) is 2.58. The lowest BCUT2D eigenvalue weighted by molar-refractivity contribution is -0.120. The van der Waals surface area contributed by atoms with E-state index < -0.39 is 0 Å². The van der Waals surface area contributed by atoms with Crippen molar-refractivity contribution < 1.29 is 9.90 Å². The number of phenols is 1. The zero-order valence-corrected chi connectivity index (χ0v) is 14.9. The number of amides is 1. The van der Waals surface area contributed by atoms with Gasteiger partial charge in [0.05, 0.1) is 12.6 Å². The molecule has 3 aromatic carbocycles. The smallest absolute Gasteiger partial charge is 0.244 e. The summed E-state index contributed by atoms with van der Waals surface area (Å²) in [6.07, 6.45) is 1.69. The van der Waals surface area contributed by atoms with Gasteiger partial charge in [-0.1, -0.05) is 42.5 Å². The molecular weight excluding hydrogens is 415 g/mol. The van der Waals surface area contributed by atoms with Gasteiger partial charge in [0.25, 0.3) is 0 Å². The molecule has 0 saturated heterocycles. The minimum absolute atomic E-state index is 0.127. The first-order valence-corrected chi connectivity index (χ1v) is 8.48. The van der Waals surface area contributed by atoms with Crippen LogP contribution < -0.4 is 5.43 Å². The molecule has 0 aliphatic heterocycles. The van der Waals surface area contributed by atoms with E-state index in [9.17, 15) is 9.90 Å². The van der Waals surface area contributed by atoms with Crippen LogP contribution in [-0.4, -0.2) is 17.2 Å². The second-order valence-corrected chi connectivity index (χ2v) is 6.56. The van der Waals surface area contributed by atoms with Gasteiger partial charge in [-0.25, -0.2) is 5.43 Å². The summed E-state index contributed by atoms with van der Waals surface area (Å²) < 4.78 is 0.980. The van der Waals surface area contributed by atoms with Crippen LogP contribution in [0.5, 0.6) is 5.75 Å². The Labute approximate surface area is 153 Å². The lowest BCUT2D eigenvalue weighted by Crippen LogP contribution is -2.19.